The first-order valence-electron chi connectivity index (χ1n) is 6.85. The van der Waals surface area contributed by atoms with Gasteiger partial charge in [-0.2, -0.15) is 13.2 Å². The largest absolute Gasteiger partial charge is 0.416 e. The van der Waals surface area contributed by atoms with Crippen molar-refractivity contribution >= 4 is 17.3 Å². The van der Waals surface area contributed by atoms with Crippen LogP contribution in [0.5, 0.6) is 0 Å². The molecule has 1 heterocycles. The molecule has 2 unspecified atom stereocenters. The average molecular weight is 306 g/mol. The lowest BCUT2D eigenvalue weighted by molar-refractivity contribution is -0.138. The Morgan fingerprint density at radius 3 is 2.55 bits per heavy atom. The summed E-state index contributed by atoms with van der Waals surface area (Å²) in [5, 5.41) is 0. The smallest absolute Gasteiger partial charge is 0.369 e. The van der Waals surface area contributed by atoms with Gasteiger partial charge in [-0.15, -0.1) is 11.6 Å². The van der Waals surface area contributed by atoms with E-state index in [0.29, 0.717) is 11.6 Å². The third kappa shape index (κ3) is 3.22. The quantitative estimate of drug-likeness (QED) is 0.690. The predicted molar refractivity (Wildman–Crippen MR) is 76.2 cm³/mol. The minimum Gasteiger partial charge on any atom is -0.369 e. The molecule has 1 aliphatic rings. The van der Waals surface area contributed by atoms with Gasteiger partial charge in [-0.3, -0.25) is 0 Å². The summed E-state index contributed by atoms with van der Waals surface area (Å²) in [6.45, 7) is 5.00. The zero-order valence-corrected chi connectivity index (χ0v) is 12.4. The third-order valence-corrected chi connectivity index (χ3v) is 4.28. The summed E-state index contributed by atoms with van der Waals surface area (Å²) in [6.07, 6.45) is -2.21. The highest BCUT2D eigenvalue weighted by molar-refractivity contribution is 6.17. The fourth-order valence-electron chi connectivity index (χ4n) is 2.77. The van der Waals surface area contributed by atoms with Crippen LogP contribution in [-0.4, -0.2) is 12.6 Å². The number of benzene rings is 1. The van der Waals surface area contributed by atoms with Gasteiger partial charge in [0.15, 0.2) is 0 Å². The van der Waals surface area contributed by atoms with E-state index in [4.69, 9.17) is 11.6 Å². The molecule has 5 heteroatoms. The number of hydrogen-bond donors (Lipinski definition) is 0. The number of rotatable bonds is 2. The van der Waals surface area contributed by atoms with Crippen molar-refractivity contribution in [1.82, 2.24) is 0 Å². The Kier molecular flexibility index (Phi) is 4.52. The SMILES string of the molecule is CC1CCC(C)N(c2ccc(CCl)c(C(F)(F)F)c2)C1. The van der Waals surface area contributed by atoms with E-state index in [1.807, 2.05) is 0 Å². The molecule has 0 spiro atoms. The lowest BCUT2D eigenvalue weighted by Gasteiger charge is -2.39. The molecule has 1 aromatic rings. The Morgan fingerprint density at radius 2 is 1.95 bits per heavy atom. The Balaban J connectivity index is 2.37. The second-order valence-electron chi connectivity index (χ2n) is 5.66. The standard InChI is InChI=1S/C15H19ClF3N/c1-10-3-4-11(2)20(9-10)13-6-5-12(8-16)14(7-13)15(17,18)19/h5-7,10-11H,3-4,8-9H2,1-2H3. The van der Waals surface area contributed by atoms with Crippen LogP contribution in [0.25, 0.3) is 0 Å². The van der Waals surface area contributed by atoms with Gasteiger partial charge in [-0.05, 0) is 43.4 Å². The molecule has 1 fully saturated rings. The van der Waals surface area contributed by atoms with Crippen LogP contribution < -0.4 is 4.90 Å². The van der Waals surface area contributed by atoms with Gasteiger partial charge >= 0.3 is 6.18 Å². The topological polar surface area (TPSA) is 3.24 Å². The van der Waals surface area contributed by atoms with Crippen molar-refractivity contribution in [2.24, 2.45) is 5.92 Å². The van der Waals surface area contributed by atoms with Crippen LogP contribution in [0.1, 0.15) is 37.8 Å². The highest BCUT2D eigenvalue weighted by atomic mass is 35.5. The van der Waals surface area contributed by atoms with Crippen LogP contribution in [0.4, 0.5) is 18.9 Å². The molecule has 0 bridgehead atoms. The van der Waals surface area contributed by atoms with Gasteiger partial charge in [0.2, 0.25) is 0 Å². The van der Waals surface area contributed by atoms with Crippen molar-refractivity contribution in [2.45, 2.75) is 44.8 Å². The molecule has 1 saturated heterocycles. The van der Waals surface area contributed by atoms with Gasteiger partial charge in [-0.1, -0.05) is 13.0 Å². The molecule has 0 amide bonds. The Bertz CT molecular complexity index is 473. The zero-order chi connectivity index (χ0) is 14.9. The molecule has 2 atom stereocenters. The van der Waals surface area contributed by atoms with Crippen LogP contribution in [0.2, 0.25) is 0 Å². The number of hydrogen-bond acceptors (Lipinski definition) is 1. The molecule has 1 aliphatic heterocycles. The van der Waals surface area contributed by atoms with Gasteiger partial charge in [0.25, 0.3) is 0 Å². The maximum atomic E-state index is 13.1. The molecule has 0 saturated carbocycles. The predicted octanol–water partition coefficient (Wildman–Crippen LogP) is 5.07. The van der Waals surface area contributed by atoms with Crippen LogP contribution in [-0.2, 0) is 12.1 Å². The monoisotopic (exact) mass is 305 g/mol. The highest BCUT2D eigenvalue weighted by Crippen LogP contribution is 2.37. The van der Waals surface area contributed by atoms with Crippen molar-refractivity contribution in [3.63, 3.8) is 0 Å². The number of halogens is 4. The fraction of sp³-hybridized carbons (Fsp3) is 0.600. The van der Waals surface area contributed by atoms with Crippen molar-refractivity contribution in [1.29, 1.82) is 0 Å². The van der Waals surface area contributed by atoms with E-state index in [9.17, 15) is 13.2 Å². The number of alkyl halides is 4. The Labute approximate surface area is 122 Å². The van der Waals surface area contributed by atoms with Crippen molar-refractivity contribution in [2.75, 3.05) is 11.4 Å². The summed E-state index contributed by atoms with van der Waals surface area (Å²) >= 11 is 5.61. The Morgan fingerprint density at radius 1 is 1.25 bits per heavy atom. The van der Waals surface area contributed by atoms with Gasteiger partial charge < -0.3 is 4.90 Å². The van der Waals surface area contributed by atoms with Gasteiger partial charge in [-0.25, -0.2) is 0 Å². The zero-order valence-electron chi connectivity index (χ0n) is 11.7. The Hall–Kier alpha value is -0.900. The maximum absolute atomic E-state index is 13.1. The first-order valence-corrected chi connectivity index (χ1v) is 7.39. The summed E-state index contributed by atoms with van der Waals surface area (Å²) in [5.74, 6) is 0.384. The normalized spacial score (nSPS) is 24.0. The number of piperidine rings is 1. The first kappa shape index (κ1) is 15.5. The van der Waals surface area contributed by atoms with Crippen LogP contribution in [0.15, 0.2) is 18.2 Å². The molecule has 0 aromatic heterocycles. The molecule has 1 nitrogen and oxygen atoms in total. The second kappa shape index (κ2) is 5.84. The lowest BCUT2D eigenvalue weighted by atomic mass is 9.94. The van der Waals surface area contributed by atoms with Crippen molar-refractivity contribution in [3.8, 4) is 0 Å². The lowest BCUT2D eigenvalue weighted by Crippen LogP contribution is -2.41. The molecule has 112 valence electrons. The van der Waals surface area contributed by atoms with Gasteiger partial charge in [0.05, 0.1) is 5.56 Å². The summed E-state index contributed by atoms with van der Waals surface area (Å²) in [5.41, 5.74) is 0.168. The molecule has 1 aromatic carbocycles. The molecule has 2 rings (SSSR count). The number of anilines is 1. The fourth-order valence-corrected chi connectivity index (χ4v) is 3.01. The van der Waals surface area contributed by atoms with Gasteiger partial charge in [0.1, 0.15) is 0 Å². The third-order valence-electron chi connectivity index (χ3n) is 3.99. The molecular formula is C15H19ClF3N. The van der Waals surface area contributed by atoms with E-state index in [1.165, 1.54) is 12.1 Å². The van der Waals surface area contributed by atoms with Crippen molar-refractivity contribution in [3.05, 3.63) is 29.3 Å². The first-order chi connectivity index (χ1) is 9.32. The summed E-state index contributed by atoms with van der Waals surface area (Å²) in [6, 6.07) is 4.76. The van der Waals surface area contributed by atoms with Crippen molar-refractivity contribution < 1.29 is 13.2 Å². The van der Waals surface area contributed by atoms with Crippen LogP contribution >= 0.6 is 11.6 Å². The second-order valence-corrected chi connectivity index (χ2v) is 5.92. The van der Waals surface area contributed by atoms with Crippen LogP contribution in [0, 0.1) is 5.92 Å². The highest BCUT2D eigenvalue weighted by Gasteiger charge is 2.34. The van der Waals surface area contributed by atoms with Crippen LogP contribution in [0.3, 0.4) is 0 Å². The summed E-state index contributed by atoms with van der Waals surface area (Å²) in [4.78, 5) is 2.07. The molecule has 0 aliphatic carbocycles. The summed E-state index contributed by atoms with van der Waals surface area (Å²) < 4.78 is 39.2. The van der Waals surface area contributed by atoms with E-state index in [1.54, 1.807) is 6.07 Å². The maximum Gasteiger partial charge on any atom is 0.416 e. The van der Waals surface area contributed by atoms with E-state index in [0.717, 1.165) is 19.4 Å². The molecular weight excluding hydrogens is 287 g/mol. The molecule has 20 heavy (non-hydrogen) atoms. The van der Waals surface area contributed by atoms with E-state index in [-0.39, 0.29) is 17.5 Å². The minimum absolute atomic E-state index is 0.124. The van der Waals surface area contributed by atoms with E-state index < -0.39 is 11.7 Å². The average Bonchev–Trinajstić information content (AvgIpc) is 2.40. The molecule has 0 N–H and O–H groups in total. The van der Waals surface area contributed by atoms with Gasteiger partial charge in [0, 0.05) is 24.2 Å². The van der Waals surface area contributed by atoms with E-state index in [2.05, 4.69) is 18.7 Å². The minimum atomic E-state index is -4.36. The number of nitrogens with zero attached hydrogens (tertiary/aromatic N) is 1. The molecule has 0 radical (unpaired) electrons. The summed E-state index contributed by atoms with van der Waals surface area (Å²) in [7, 11) is 0. The van der Waals surface area contributed by atoms with E-state index >= 15 is 0 Å².